The molecule has 11 heteroatoms. The number of fused-ring (bicyclic) bond motifs is 2. The lowest BCUT2D eigenvalue weighted by molar-refractivity contribution is 0.0944. The number of alkyl halides is 1. The molecule has 0 saturated heterocycles. The molecule has 1 aliphatic heterocycles. The first kappa shape index (κ1) is 27.1. The number of aromatic nitrogens is 2. The summed E-state index contributed by atoms with van der Waals surface area (Å²) in [7, 11) is 0. The third-order valence-electron chi connectivity index (χ3n) is 7.82. The number of nitrogen functional groups attached to an aromatic ring is 1. The number of thiazole rings is 1. The lowest BCUT2D eigenvalue weighted by Crippen LogP contribution is -2.34. The molecule has 7 nitrogen and oxygen atoms in total. The summed E-state index contributed by atoms with van der Waals surface area (Å²) in [5, 5.41) is 2.98. The Balaban J connectivity index is 1.38. The van der Waals surface area contributed by atoms with E-state index in [4.69, 9.17) is 21.2 Å². The molecule has 212 valence electrons. The number of carbonyl (C=O) groups is 1. The minimum Gasteiger partial charge on any atom is -0.490 e. The first-order valence-electron chi connectivity index (χ1n) is 13.2. The highest BCUT2D eigenvalue weighted by Gasteiger charge is 2.52. The topological polar surface area (TPSA) is 116 Å². The molecular weight excluding hydrogens is 551 g/mol. The number of carbonyl (C=O) groups excluding carboxylic acids is 1. The molecule has 2 atom stereocenters. The normalized spacial score (nSPS) is 19.4. The second-order valence-corrected chi connectivity index (χ2v) is 12.2. The lowest BCUT2D eigenvalue weighted by atomic mass is 9.79. The molecule has 5 N–H and O–H groups in total. The summed E-state index contributed by atoms with van der Waals surface area (Å²) in [5.74, 6) is -1.88. The van der Waals surface area contributed by atoms with Crippen LogP contribution in [0.4, 0.5) is 18.3 Å². The Morgan fingerprint density at radius 1 is 1.20 bits per heavy atom. The largest absolute Gasteiger partial charge is 0.490 e. The van der Waals surface area contributed by atoms with Gasteiger partial charge in [0.15, 0.2) is 10.9 Å². The summed E-state index contributed by atoms with van der Waals surface area (Å²) in [6, 6.07) is 10.3. The summed E-state index contributed by atoms with van der Waals surface area (Å²) >= 11 is 1.08. The maximum atomic E-state index is 15.9. The molecule has 1 aliphatic carbocycles. The van der Waals surface area contributed by atoms with E-state index in [9.17, 15) is 13.6 Å². The van der Waals surface area contributed by atoms with Crippen molar-refractivity contribution in [1.82, 2.24) is 15.3 Å². The first-order valence-corrected chi connectivity index (χ1v) is 14.0. The number of halogens is 3. The van der Waals surface area contributed by atoms with Gasteiger partial charge in [-0.1, -0.05) is 24.8 Å². The van der Waals surface area contributed by atoms with Gasteiger partial charge in [0.05, 0.1) is 17.2 Å². The number of nitrogens with zero attached hydrogens (tertiary/aromatic N) is 2. The van der Waals surface area contributed by atoms with E-state index in [0.717, 1.165) is 23.0 Å². The van der Waals surface area contributed by atoms with Crippen molar-refractivity contribution in [3.63, 3.8) is 0 Å². The van der Waals surface area contributed by atoms with Crippen LogP contribution in [0.5, 0.6) is 5.75 Å². The highest BCUT2D eigenvalue weighted by atomic mass is 32.1. The average Bonchev–Trinajstić information content (AvgIpc) is 3.40. The Kier molecular flexibility index (Phi) is 6.44. The average molecular weight is 580 g/mol. The summed E-state index contributed by atoms with van der Waals surface area (Å²) in [6.45, 7) is 6.09. The Morgan fingerprint density at radius 2 is 1.93 bits per heavy atom. The van der Waals surface area contributed by atoms with Crippen molar-refractivity contribution in [3.8, 4) is 17.0 Å². The van der Waals surface area contributed by atoms with Gasteiger partial charge in [-0.2, -0.15) is 0 Å². The van der Waals surface area contributed by atoms with Crippen LogP contribution in [0.3, 0.4) is 0 Å². The molecule has 41 heavy (non-hydrogen) atoms. The number of nitrogens with two attached hydrogens (primary N) is 2. The molecule has 2 aliphatic rings. The minimum atomic E-state index is -1.58. The van der Waals surface area contributed by atoms with Crippen molar-refractivity contribution in [2.45, 2.75) is 43.2 Å². The Hall–Kier alpha value is -4.12. The van der Waals surface area contributed by atoms with E-state index in [1.165, 1.54) is 18.2 Å². The molecule has 2 aromatic carbocycles. The summed E-state index contributed by atoms with van der Waals surface area (Å²) < 4.78 is 50.8. The van der Waals surface area contributed by atoms with Crippen LogP contribution < -0.4 is 21.5 Å². The van der Waals surface area contributed by atoms with Crippen molar-refractivity contribution in [1.29, 1.82) is 0 Å². The van der Waals surface area contributed by atoms with E-state index in [1.807, 2.05) is 13.0 Å². The maximum absolute atomic E-state index is 15.9. The van der Waals surface area contributed by atoms with Crippen LogP contribution in [0.25, 0.3) is 21.5 Å². The highest BCUT2D eigenvalue weighted by Crippen LogP contribution is 2.53. The fraction of sp³-hybridized carbons (Fsp3) is 0.300. The van der Waals surface area contributed by atoms with Crippen molar-refractivity contribution in [2.24, 2.45) is 5.73 Å². The molecular formula is C30H28F3N5O2S. The van der Waals surface area contributed by atoms with Crippen molar-refractivity contribution in [3.05, 3.63) is 83.2 Å². The number of rotatable bonds is 8. The molecule has 4 aromatic rings. The number of nitrogens with one attached hydrogen (secondary N) is 1. The van der Waals surface area contributed by atoms with Gasteiger partial charge in [-0.15, -0.1) is 0 Å². The molecule has 3 heterocycles. The number of hydrogen-bond donors (Lipinski definition) is 3. The van der Waals surface area contributed by atoms with Gasteiger partial charge in [0.25, 0.3) is 5.91 Å². The molecule has 1 fully saturated rings. The van der Waals surface area contributed by atoms with E-state index in [2.05, 4.69) is 16.9 Å². The van der Waals surface area contributed by atoms with E-state index in [1.54, 1.807) is 12.1 Å². The third-order valence-corrected chi connectivity index (χ3v) is 8.65. The zero-order chi connectivity index (χ0) is 29.1. The third kappa shape index (κ3) is 4.99. The Morgan fingerprint density at radius 3 is 2.61 bits per heavy atom. The van der Waals surface area contributed by atoms with Crippen molar-refractivity contribution >= 4 is 32.6 Å². The number of benzene rings is 2. The highest BCUT2D eigenvalue weighted by molar-refractivity contribution is 7.22. The van der Waals surface area contributed by atoms with Gasteiger partial charge in [-0.05, 0) is 61.7 Å². The van der Waals surface area contributed by atoms with E-state index in [0.29, 0.717) is 59.0 Å². The number of anilines is 1. The van der Waals surface area contributed by atoms with Crippen molar-refractivity contribution in [2.75, 3.05) is 18.9 Å². The predicted molar refractivity (Wildman–Crippen MR) is 153 cm³/mol. The molecule has 6 rings (SSSR count). The zero-order valence-electron chi connectivity index (χ0n) is 22.3. The zero-order valence-corrected chi connectivity index (χ0v) is 23.1. The molecule has 0 spiro atoms. The molecule has 2 aromatic heterocycles. The van der Waals surface area contributed by atoms with Crippen LogP contribution in [-0.2, 0) is 5.41 Å². The smallest absolute Gasteiger partial charge is 0.251 e. The number of allylic oxidation sites excluding steroid dienone is 1. The van der Waals surface area contributed by atoms with Gasteiger partial charge < -0.3 is 21.5 Å². The molecule has 0 radical (unpaired) electrons. The SMILES string of the molecule is C=C(N)C[C@@]1(C)COc2c1cc([C@@H](CNC(=O)c1cc(F)c3nc(N)sc3c1)C1(F)CC1)nc2-c1ccc(F)cc1. The van der Waals surface area contributed by atoms with E-state index < -0.39 is 34.5 Å². The van der Waals surface area contributed by atoms with Crippen LogP contribution in [-0.4, -0.2) is 34.7 Å². The standard InChI is InChI=1S/C30H28F3N5O2S/c1-15(34)12-29(2)14-40-26-19(29)11-22(37-24(26)16-3-5-18(31)6-4-16)20(30(33)7-8-30)13-36-27(39)17-9-21(32)25-23(10-17)41-28(35)38-25/h3-6,9-11,20H,1,7-8,12-14,34H2,2H3,(H2,35,38)(H,36,39)/t20-,29+/m1/s1. The second-order valence-electron chi connectivity index (χ2n) is 11.1. The van der Waals surface area contributed by atoms with Gasteiger partial charge in [0.1, 0.15) is 28.4 Å². The number of amides is 1. The van der Waals surface area contributed by atoms with Gasteiger partial charge in [-0.3, -0.25) is 4.79 Å². The van der Waals surface area contributed by atoms with Crippen molar-refractivity contribution < 1.29 is 22.7 Å². The van der Waals surface area contributed by atoms with Crippen LogP contribution in [0.15, 0.2) is 54.7 Å². The molecule has 1 saturated carbocycles. The number of pyridine rings is 1. The monoisotopic (exact) mass is 579 g/mol. The second kappa shape index (κ2) is 9.76. The predicted octanol–water partition coefficient (Wildman–Crippen LogP) is 5.75. The van der Waals surface area contributed by atoms with Crippen LogP contribution in [0.1, 0.15) is 53.7 Å². The van der Waals surface area contributed by atoms with Gasteiger partial charge in [0, 0.05) is 40.0 Å². The number of hydrogen-bond acceptors (Lipinski definition) is 7. The Labute approximate surface area is 238 Å². The van der Waals surface area contributed by atoms with Gasteiger partial charge in [-0.25, -0.2) is 23.1 Å². The maximum Gasteiger partial charge on any atom is 0.251 e. The quantitative estimate of drug-likeness (QED) is 0.245. The summed E-state index contributed by atoms with van der Waals surface area (Å²) in [5.41, 5.74) is 12.5. The van der Waals surface area contributed by atoms with E-state index >= 15 is 4.39 Å². The lowest BCUT2D eigenvalue weighted by Gasteiger charge is -2.26. The van der Waals surface area contributed by atoms with Crippen LogP contribution >= 0.6 is 11.3 Å². The fourth-order valence-corrected chi connectivity index (χ4v) is 6.33. The Bertz CT molecular complexity index is 1700. The van der Waals surface area contributed by atoms with Gasteiger partial charge >= 0.3 is 0 Å². The minimum absolute atomic E-state index is 0.0738. The van der Waals surface area contributed by atoms with Gasteiger partial charge in [0.2, 0.25) is 0 Å². The molecule has 0 unspecified atom stereocenters. The fourth-order valence-electron chi connectivity index (χ4n) is 5.54. The number of ether oxygens (including phenoxy) is 1. The first-order chi connectivity index (χ1) is 19.5. The van der Waals surface area contributed by atoms with Crippen LogP contribution in [0.2, 0.25) is 0 Å². The van der Waals surface area contributed by atoms with Crippen LogP contribution in [0, 0.1) is 11.6 Å². The summed E-state index contributed by atoms with van der Waals surface area (Å²) in [6.07, 6.45) is 1.06. The van der Waals surface area contributed by atoms with E-state index in [-0.39, 0.29) is 22.8 Å². The summed E-state index contributed by atoms with van der Waals surface area (Å²) in [4.78, 5) is 21.9. The molecule has 0 bridgehead atoms. The molecule has 1 amide bonds.